The maximum atomic E-state index is 12.6. The van der Waals surface area contributed by atoms with Crippen molar-refractivity contribution < 1.29 is 9.59 Å². The van der Waals surface area contributed by atoms with Crippen LogP contribution in [-0.2, 0) is 4.79 Å². The standard InChI is InChI=1S/C21H24BrN3O2/c1-2-23-21(27)16-7-4-9-18(13-16)24-20(26)14-25-11-5-10-19(25)15-6-3-8-17(22)12-15/h3-4,6-9,12-13,19H,2,5,10-11,14H2,1H3,(H,23,27)(H,24,26). The summed E-state index contributed by atoms with van der Waals surface area (Å²) in [6, 6.07) is 15.6. The zero-order chi connectivity index (χ0) is 19.2. The average Bonchev–Trinajstić information content (AvgIpc) is 3.10. The second-order valence-electron chi connectivity index (χ2n) is 6.67. The second-order valence-corrected chi connectivity index (χ2v) is 7.59. The number of anilines is 1. The highest BCUT2D eigenvalue weighted by molar-refractivity contribution is 9.10. The van der Waals surface area contributed by atoms with E-state index >= 15 is 0 Å². The molecule has 5 nitrogen and oxygen atoms in total. The monoisotopic (exact) mass is 429 g/mol. The van der Waals surface area contributed by atoms with Crippen molar-refractivity contribution in [2.24, 2.45) is 0 Å². The Labute approximate surface area is 168 Å². The quantitative estimate of drug-likeness (QED) is 0.729. The van der Waals surface area contributed by atoms with Gasteiger partial charge in [0.15, 0.2) is 0 Å². The lowest BCUT2D eigenvalue weighted by Crippen LogP contribution is -2.33. The molecular formula is C21H24BrN3O2. The molecule has 0 spiro atoms. The highest BCUT2D eigenvalue weighted by atomic mass is 79.9. The molecule has 6 heteroatoms. The van der Waals surface area contributed by atoms with Gasteiger partial charge in [-0.25, -0.2) is 0 Å². The Kier molecular flexibility index (Phi) is 6.63. The third-order valence-corrected chi connectivity index (χ3v) is 5.18. The van der Waals surface area contributed by atoms with Crippen LogP contribution in [0.15, 0.2) is 53.0 Å². The van der Waals surface area contributed by atoms with E-state index in [1.54, 1.807) is 24.3 Å². The van der Waals surface area contributed by atoms with Gasteiger partial charge in [0.2, 0.25) is 5.91 Å². The van der Waals surface area contributed by atoms with E-state index in [1.165, 1.54) is 5.56 Å². The first-order valence-corrected chi connectivity index (χ1v) is 10.0. The van der Waals surface area contributed by atoms with Gasteiger partial charge in [0.1, 0.15) is 0 Å². The van der Waals surface area contributed by atoms with Gasteiger partial charge in [-0.1, -0.05) is 34.1 Å². The fraction of sp³-hybridized carbons (Fsp3) is 0.333. The average molecular weight is 430 g/mol. The van der Waals surface area contributed by atoms with Gasteiger partial charge in [0.25, 0.3) is 5.91 Å². The maximum Gasteiger partial charge on any atom is 0.251 e. The van der Waals surface area contributed by atoms with E-state index in [2.05, 4.69) is 43.6 Å². The summed E-state index contributed by atoms with van der Waals surface area (Å²) in [5, 5.41) is 5.69. The van der Waals surface area contributed by atoms with Gasteiger partial charge in [0, 0.05) is 28.3 Å². The molecule has 2 N–H and O–H groups in total. The summed E-state index contributed by atoms with van der Waals surface area (Å²) in [5.41, 5.74) is 2.41. The Hall–Kier alpha value is -2.18. The predicted molar refractivity (Wildman–Crippen MR) is 111 cm³/mol. The van der Waals surface area contributed by atoms with Crippen molar-refractivity contribution in [3.8, 4) is 0 Å². The largest absolute Gasteiger partial charge is 0.352 e. The minimum atomic E-state index is -0.136. The zero-order valence-corrected chi connectivity index (χ0v) is 17.0. The lowest BCUT2D eigenvalue weighted by atomic mass is 10.0. The number of hydrogen-bond donors (Lipinski definition) is 2. The molecule has 0 aromatic heterocycles. The molecule has 1 unspecified atom stereocenters. The number of carbonyl (C=O) groups is 2. The lowest BCUT2D eigenvalue weighted by molar-refractivity contribution is -0.117. The summed E-state index contributed by atoms with van der Waals surface area (Å²) >= 11 is 3.52. The number of likely N-dealkylation sites (tertiary alicyclic amines) is 1. The third-order valence-electron chi connectivity index (χ3n) is 4.69. The van der Waals surface area contributed by atoms with Gasteiger partial charge < -0.3 is 10.6 Å². The van der Waals surface area contributed by atoms with E-state index in [1.807, 2.05) is 19.1 Å². The molecule has 2 amide bonds. The molecule has 0 radical (unpaired) electrons. The number of nitrogens with zero attached hydrogens (tertiary/aromatic N) is 1. The van der Waals surface area contributed by atoms with Gasteiger partial charge in [-0.2, -0.15) is 0 Å². The Morgan fingerprint density at radius 1 is 1.19 bits per heavy atom. The van der Waals surface area contributed by atoms with E-state index in [0.29, 0.717) is 24.3 Å². The molecule has 142 valence electrons. The number of nitrogens with one attached hydrogen (secondary N) is 2. The van der Waals surface area contributed by atoms with Gasteiger partial charge in [0.05, 0.1) is 6.54 Å². The number of carbonyl (C=O) groups excluding carboxylic acids is 2. The van der Waals surface area contributed by atoms with Crippen molar-refractivity contribution in [1.29, 1.82) is 0 Å². The van der Waals surface area contributed by atoms with Crippen molar-refractivity contribution in [1.82, 2.24) is 10.2 Å². The summed E-state index contributed by atoms with van der Waals surface area (Å²) in [6.45, 7) is 3.69. The van der Waals surface area contributed by atoms with Crippen molar-refractivity contribution in [3.05, 3.63) is 64.1 Å². The van der Waals surface area contributed by atoms with E-state index in [0.717, 1.165) is 23.9 Å². The smallest absolute Gasteiger partial charge is 0.251 e. The number of rotatable bonds is 6. The summed E-state index contributed by atoms with van der Waals surface area (Å²) in [7, 11) is 0. The fourth-order valence-electron chi connectivity index (χ4n) is 3.49. The first kappa shape index (κ1) is 19.6. The molecule has 1 aliphatic rings. The Bertz CT molecular complexity index is 825. The van der Waals surface area contributed by atoms with Crippen molar-refractivity contribution in [2.75, 3.05) is 25.0 Å². The van der Waals surface area contributed by atoms with Crippen LogP contribution in [0.25, 0.3) is 0 Å². The highest BCUT2D eigenvalue weighted by Gasteiger charge is 2.27. The summed E-state index contributed by atoms with van der Waals surface area (Å²) in [4.78, 5) is 26.7. The van der Waals surface area contributed by atoms with Crippen LogP contribution in [0.1, 0.15) is 41.7 Å². The molecule has 0 bridgehead atoms. The van der Waals surface area contributed by atoms with E-state index in [-0.39, 0.29) is 17.9 Å². The molecule has 27 heavy (non-hydrogen) atoms. The minimum absolute atomic E-state index is 0.0649. The molecule has 1 atom stereocenters. The molecule has 2 aromatic carbocycles. The van der Waals surface area contributed by atoms with E-state index < -0.39 is 0 Å². The van der Waals surface area contributed by atoms with Crippen LogP contribution in [0.2, 0.25) is 0 Å². The first-order valence-electron chi connectivity index (χ1n) is 9.24. The summed E-state index contributed by atoms with van der Waals surface area (Å²) in [5.74, 6) is -0.201. The third kappa shape index (κ3) is 5.17. The van der Waals surface area contributed by atoms with Crippen LogP contribution in [-0.4, -0.2) is 36.3 Å². The van der Waals surface area contributed by atoms with Crippen LogP contribution in [0.5, 0.6) is 0 Å². The highest BCUT2D eigenvalue weighted by Crippen LogP contribution is 2.32. The topological polar surface area (TPSA) is 61.4 Å². The maximum absolute atomic E-state index is 12.6. The fourth-order valence-corrected chi connectivity index (χ4v) is 3.91. The van der Waals surface area contributed by atoms with Crippen LogP contribution in [0, 0.1) is 0 Å². The van der Waals surface area contributed by atoms with Crippen molar-refractivity contribution >= 4 is 33.4 Å². The van der Waals surface area contributed by atoms with Gasteiger partial charge >= 0.3 is 0 Å². The van der Waals surface area contributed by atoms with Gasteiger partial charge in [-0.05, 0) is 62.2 Å². The molecular weight excluding hydrogens is 406 g/mol. The summed E-state index contributed by atoms with van der Waals surface area (Å²) in [6.07, 6.45) is 2.13. The number of benzene rings is 2. The van der Waals surface area contributed by atoms with Crippen LogP contribution < -0.4 is 10.6 Å². The van der Waals surface area contributed by atoms with Crippen LogP contribution >= 0.6 is 15.9 Å². The van der Waals surface area contributed by atoms with Gasteiger partial charge in [-0.3, -0.25) is 14.5 Å². The Morgan fingerprint density at radius 3 is 2.78 bits per heavy atom. The Balaban J connectivity index is 1.63. The van der Waals surface area contributed by atoms with E-state index in [9.17, 15) is 9.59 Å². The molecule has 2 aromatic rings. The molecule has 0 aliphatic carbocycles. The molecule has 1 aliphatic heterocycles. The second kappa shape index (κ2) is 9.15. The van der Waals surface area contributed by atoms with Gasteiger partial charge in [-0.15, -0.1) is 0 Å². The molecule has 1 saturated heterocycles. The minimum Gasteiger partial charge on any atom is -0.352 e. The molecule has 0 saturated carbocycles. The zero-order valence-electron chi connectivity index (χ0n) is 15.4. The summed E-state index contributed by atoms with van der Waals surface area (Å²) < 4.78 is 1.05. The SMILES string of the molecule is CCNC(=O)c1cccc(NC(=O)CN2CCCC2c2cccc(Br)c2)c1. The Morgan fingerprint density at radius 2 is 2.00 bits per heavy atom. The van der Waals surface area contributed by atoms with Crippen molar-refractivity contribution in [2.45, 2.75) is 25.8 Å². The van der Waals surface area contributed by atoms with E-state index in [4.69, 9.17) is 0 Å². The lowest BCUT2D eigenvalue weighted by Gasteiger charge is -2.24. The van der Waals surface area contributed by atoms with Crippen molar-refractivity contribution in [3.63, 3.8) is 0 Å². The molecule has 1 heterocycles. The predicted octanol–water partition coefficient (Wildman–Crippen LogP) is 3.97. The number of halogens is 1. The van der Waals surface area contributed by atoms with Crippen LogP contribution in [0.4, 0.5) is 5.69 Å². The first-order chi connectivity index (χ1) is 13.1. The molecule has 1 fully saturated rings. The number of amides is 2. The number of hydrogen-bond acceptors (Lipinski definition) is 3. The normalized spacial score (nSPS) is 16.9. The van der Waals surface area contributed by atoms with Crippen LogP contribution in [0.3, 0.4) is 0 Å². The molecule has 3 rings (SSSR count).